The highest BCUT2D eigenvalue weighted by Crippen LogP contribution is 2.51. The monoisotopic (exact) mass is 429 g/mol. The molecule has 0 atom stereocenters. The molecular formula is C31H27NO. The maximum atomic E-state index is 6.80. The third-order valence-corrected chi connectivity index (χ3v) is 6.46. The largest absolute Gasteiger partial charge is 0.456 e. The van der Waals surface area contributed by atoms with Crippen molar-refractivity contribution in [2.45, 2.75) is 34.1 Å². The summed E-state index contributed by atoms with van der Waals surface area (Å²) in [6.45, 7) is 9.02. The molecule has 5 aromatic rings. The first kappa shape index (κ1) is 20.0. The fourth-order valence-corrected chi connectivity index (χ4v) is 5.03. The number of nitrogens with zero attached hydrogens (tertiary/aromatic N) is 1. The van der Waals surface area contributed by atoms with Crippen LogP contribution in [0.3, 0.4) is 0 Å². The van der Waals surface area contributed by atoms with E-state index in [2.05, 4.69) is 100 Å². The molecule has 2 heterocycles. The number of hydrogen-bond donors (Lipinski definition) is 0. The van der Waals surface area contributed by atoms with Crippen molar-refractivity contribution in [1.29, 1.82) is 0 Å². The summed E-state index contributed by atoms with van der Waals surface area (Å²) in [5.74, 6) is 1.85. The van der Waals surface area contributed by atoms with Gasteiger partial charge in [-0.15, -0.1) is 0 Å². The van der Waals surface area contributed by atoms with Crippen LogP contribution < -0.4 is 4.74 Å². The summed E-state index contributed by atoms with van der Waals surface area (Å²) in [5, 5.41) is 4.77. The van der Waals surface area contributed by atoms with Crippen LogP contribution in [0.25, 0.3) is 43.9 Å². The van der Waals surface area contributed by atoms with Crippen molar-refractivity contribution >= 4 is 21.5 Å². The van der Waals surface area contributed by atoms with Crippen LogP contribution in [0.4, 0.5) is 0 Å². The Hall–Kier alpha value is -3.65. The average Bonchev–Trinajstić information content (AvgIpc) is 2.80. The van der Waals surface area contributed by atoms with Crippen LogP contribution in [-0.4, -0.2) is 4.98 Å². The average molecular weight is 430 g/mol. The van der Waals surface area contributed by atoms with E-state index < -0.39 is 0 Å². The van der Waals surface area contributed by atoms with Crippen LogP contribution in [0.15, 0.2) is 79.0 Å². The van der Waals surface area contributed by atoms with Crippen LogP contribution in [0, 0.1) is 12.3 Å². The molecule has 0 aliphatic carbocycles. The molecule has 162 valence electrons. The fourth-order valence-electron chi connectivity index (χ4n) is 5.03. The van der Waals surface area contributed by atoms with Crippen LogP contribution in [0.1, 0.15) is 31.9 Å². The number of aromatic nitrogens is 1. The fraction of sp³-hybridized carbons (Fsp3) is 0.194. The molecule has 0 unspecified atom stereocenters. The highest BCUT2D eigenvalue weighted by atomic mass is 16.5. The number of fused-ring (bicyclic) bond motifs is 3. The lowest BCUT2D eigenvalue weighted by atomic mass is 9.83. The first-order valence-electron chi connectivity index (χ1n) is 11.6. The van der Waals surface area contributed by atoms with E-state index in [4.69, 9.17) is 9.72 Å². The normalized spacial score (nSPS) is 12.6. The molecule has 4 aromatic carbocycles. The standard InChI is InChI=1S/C31H27NO/c1-19-10-11-21-16-25-29-28-22(12-13-32-29)15-23(20-8-6-5-7-9-20)17-27(28)33-30(25)26(24(21)14-19)18-31(2,3)4/h5-17H,18H2,1-4H3. The summed E-state index contributed by atoms with van der Waals surface area (Å²) in [7, 11) is 0. The second-order valence-corrected chi connectivity index (χ2v) is 10.4. The van der Waals surface area contributed by atoms with Crippen molar-refractivity contribution in [3.05, 3.63) is 90.1 Å². The first-order valence-corrected chi connectivity index (χ1v) is 11.6. The maximum Gasteiger partial charge on any atom is 0.140 e. The van der Waals surface area contributed by atoms with Gasteiger partial charge in [-0.25, -0.2) is 0 Å². The molecule has 6 rings (SSSR count). The molecule has 1 aliphatic rings. The smallest absolute Gasteiger partial charge is 0.140 e. The van der Waals surface area contributed by atoms with Gasteiger partial charge < -0.3 is 4.74 Å². The quantitative estimate of drug-likeness (QED) is 0.274. The van der Waals surface area contributed by atoms with E-state index in [0.29, 0.717) is 0 Å². The van der Waals surface area contributed by atoms with E-state index in [1.165, 1.54) is 27.5 Å². The van der Waals surface area contributed by atoms with Gasteiger partial charge in [-0.05, 0) is 70.3 Å². The molecule has 0 fully saturated rings. The Morgan fingerprint density at radius 3 is 2.42 bits per heavy atom. The molecule has 1 aromatic heterocycles. The van der Waals surface area contributed by atoms with Gasteiger partial charge in [-0.2, -0.15) is 0 Å². The molecule has 0 saturated heterocycles. The van der Waals surface area contributed by atoms with Gasteiger partial charge in [0.1, 0.15) is 11.5 Å². The van der Waals surface area contributed by atoms with Crippen LogP contribution in [0.2, 0.25) is 0 Å². The van der Waals surface area contributed by atoms with Crippen molar-refractivity contribution < 1.29 is 4.74 Å². The van der Waals surface area contributed by atoms with Crippen LogP contribution in [-0.2, 0) is 6.42 Å². The van der Waals surface area contributed by atoms with Crippen molar-refractivity contribution in [1.82, 2.24) is 4.98 Å². The SMILES string of the molecule is Cc1ccc2cc3c(c(CC(C)(C)C)c2c1)Oc1cc(-c2ccccc2)cc2ccnc-3c12. The second-order valence-electron chi connectivity index (χ2n) is 10.4. The van der Waals surface area contributed by atoms with Crippen LogP contribution >= 0.6 is 0 Å². The Balaban J connectivity index is 1.67. The number of benzene rings is 4. The Morgan fingerprint density at radius 2 is 1.64 bits per heavy atom. The number of pyridine rings is 1. The summed E-state index contributed by atoms with van der Waals surface area (Å²) in [6, 6.07) is 26.0. The Kier molecular flexibility index (Phi) is 4.35. The zero-order valence-electron chi connectivity index (χ0n) is 19.6. The molecule has 0 saturated carbocycles. The van der Waals surface area contributed by atoms with Gasteiger partial charge in [0.05, 0.1) is 11.1 Å². The predicted molar refractivity (Wildman–Crippen MR) is 138 cm³/mol. The van der Waals surface area contributed by atoms with Gasteiger partial charge in [-0.1, -0.05) is 74.9 Å². The molecule has 0 spiro atoms. The number of hydrogen-bond acceptors (Lipinski definition) is 2. The maximum absolute atomic E-state index is 6.80. The Labute approximate surface area is 194 Å². The van der Waals surface area contributed by atoms with Crippen molar-refractivity contribution in [2.24, 2.45) is 5.41 Å². The summed E-state index contributed by atoms with van der Waals surface area (Å²) < 4.78 is 6.80. The third-order valence-electron chi connectivity index (χ3n) is 6.46. The van der Waals surface area contributed by atoms with E-state index >= 15 is 0 Å². The highest BCUT2D eigenvalue weighted by molar-refractivity contribution is 6.07. The number of aryl methyl sites for hydroxylation is 1. The lowest BCUT2D eigenvalue weighted by Crippen LogP contribution is -2.12. The van der Waals surface area contributed by atoms with E-state index in [0.717, 1.165) is 45.5 Å². The molecule has 0 N–H and O–H groups in total. The Bertz CT molecular complexity index is 1540. The number of ether oxygens (including phenoxy) is 1. The topological polar surface area (TPSA) is 22.1 Å². The summed E-state index contributed by atoms with van der Waals surface area (Å²) in [6.07, 6.45) is 2.86. The Morgan fingerprint density at radius 1 is 0.818 bits per heavy atom. The van der Waals surface area contributed by atoms with Crippen LogP contribution in [0.5, 0.6) is 11.5 Å². The molecule has 33 heavy (non-hydrogen) atoms. The minimum absolute atomic E-state index is 0.126. The van der Waals surface area contributed by atoms with Gasteiger partial charge in [0, 0.05) is 17.3 Å². The van der Waals surface area contributed by atoms with E-state index in [1.807, 2.05) is 6.20 Å². The van der Waals surface area contributed by atoms with Gasteiger partial charge in [0.2, 0.25) is 0 Å². The third kappa shape index (κ3) is 3.38. The number of rotatable bonds is 2. The minimum Gasteiger partial charge on any atom is -0.456 e. The zero-order chi connectivity index (χ0) is 22.7. The van der Waals surface area contributed by atoms with Crippen molar-refractivity contribution in [3.63, 3.8) is 0 Å². The van der Waals surface area contributed by atoms with Crippen molar-refractivity contribution in [2.75, 3.05) is 0 Å². The molecule has 1 aliphatic heterocycles. The van der Waals surface area contributed by atoms with E-state index in [1.54, 1.807) is 0 Å². The van der Waals surface area contributed by atoms with E-state index in [9.17, 15) is 0 Å². The van der Waals surface area contributed by atoms with Crippen molar-refractivity contribution in [3.8, 4) is 33.9 Å². The van der Waals surface area contributed by atoms with Gasteiger partial charge in [0.15, 0.2) is 0 Å². The van der Waals surface area contributed by atoms with E-state index in [-0.39, 0.29) is 5.41 Å². The molecule has 0 bridgehead atoms. The molecule has 2 nitrogen and oxygen atoms in total. The van der Waals surface area contributed by atoms with Gasteiger partial charge in [0.25, 0.3) is 0 Å². The highest BCUT2D eigenvalue weighted by Gasteiger charge is 2.28. The molecule has 0 radical (unpaired) electrons. The molecular weight excluding hydrogens is 402 g/mol. The summed E-state index contributed by atoms with van der Waals surface area (Å²) >= 11 is 0. The molecule has 0 amide bonds. The van der Waals surface area contributed by atoms with Gasteiger partial charge in [-0.3, -0.25) is 4.98 Å². The zero-order valence-corrected chi connectivity index (χ0v) is 19.6. The summed E-state index contributed by atoms with van der Waals surface area (Å²) in [4.78, 5) is 4.86. The lowest BCUT2D eigenvalue weighted by Gasteiger charge is -2.28. The summed E-state index contributed by atoms with van der Waals surface area (Å²) in [5.41, 5.74) is 7.12. The second kappa shape index (κ2) is 7.18. The minimum atomic E-state index is 0.126. The lowest BCUT2D eigenvalue weighted by molar-refractivity contribution is 0.400. The molecule has 2 heteroatoms. The van der Waals surface area contributed by atoms with Gasteiger partial charge >= 0.3 is 0 Å². The first-order chi connectivity index (χ1) is 15.9. The predicted octanol–water partition coefficient (Wildman–Crippen LogP) is 8.72.